The van der Waals surface area contributed by atoms with Gasteiger partial charge in [0.25, 0.3) is 11.8 Å². The molecule has 0 aromatic carbocycles. The van der Waals surface area contributed by atoms with Crippen molar-refractivity contribution in [2.45, 2.75) is 51.7 Å². The molecule has 1 aliphatic heterocycles. The largest absolute Gasteiger partial charge is 0.474 e. The lowest BCUT2D eigenvalue weighted by atomic mass is 9.92. The molecule has 8 heteroatoms. The molecule has 0 atom stereocenters. The molecule has 1 aromatic rings. The topological polar surface area (TPSA) is 106 Å². The summed E-state index contributed by atoms with van der Waals surface area (Å²) in [4.78, 5) is 43.6. The van der Waals surface area contributed by atoms with Gasteiger partial charge in [0.05, 0.1) is 0 Å². The Labute approximate surface area is 158 Å². The van der Waals surface area contributed by atoms with E-state index in [1.165, 1.54) is 4.90 Å². The summed E-state index contributed by atoms with van der Waals surface area (Å²) in [6, 6.07) is 2.94. The molecule has 4 amide bonds. The van der Waals surface area contributed by atoms with Crippen molar-refractivity contribution in [3.05, 3.63) is 23.9 Å². The van der Waals surface area contributed by atoms with E-state index >= 15 is 0 Å². The van der Waals surface area contributed by atoms with Crippen LogP contribution in [0.25, 0.3) is 0 Å². The van der Waals surface area contributed by atoms with Crippen molar-refractivity contribution in [2.75, 3.05) is 13.1 Å². The number of carbonyl (C=O) groups is 3. The van der Waals surface area contributed by atoms with E-state index in [4.69, 9.17) is 10.5 Å². The number of urea groups is 1. The van der Waals surface area contributed by atoms with E-state index < -0.39 is 5.91 Å². The Morgan fingerprint density at radius 2 is 2.00 bits per heavy atom. The van der Waals surface area contributed by atoms with Crippen LogP contribution in [0.15, 0.2) is 18.3 Å². The molecule has 2 aliphatic rings. The maximum Gasteiger partial charge on any atom is 0.327 e. The number of nitrogens with zero attached hydrogens (tertiary/aromatic N) is 3. The fraction of sp³-hybridized carbons (Fsp3) is 0.579. The standard InChI is InChI=1S/C19H26N4O4/c1-12(2)10-22-11-16(24)23(19(22)26)13-5-7-14(8-6-13)27-18-15(17(20)25)4-3-9-21-18/h3-4,9,12-14H,5-8,10-11H2,1-2H3,(H2,20,25)/t13-,14-. The first-order valence-electron chi connectivity index (χ1n) is 9.39. The van der Waals surface area contributed by atoms with Crippen LogP contribution in [0.1, 0.15) is 49.9 Å². The molecule has 1 aromatic heterocycles. The number of imide groups is 1. The lowest BCUT2D eigenvalue weighted by Gasteiger charge is -2.33. The molecule has 0 spiro atoms. The summed E-state index contributed by atoms with van der Waals surface area (Å²) in [5, 5.41) is 0. The monoisotopic (exact) mass is 374 g/mol. The van der Waals surface area contributed by atoms with E-state index in [2.05, 4.69) is 4.98 Å². The first-order chi connectivity index (χ1) is 12.9. The van der Waals surface area contributed by atoms with Crippen LogP contribution >= 0.6 is 0 Å². The Balaban J connectivity index is 1.59. The van der Waals surface area contributed by atoms with E-state index in [9.17, 15) is 14.4 Å². The maximum atomic E-state index is 12.6. The number of amides is 4. The van der Waals surface area contributed by atoms with Gasteiger partial charge in [0, 0.05) is 18.8 Å². The summed E-state index contributed by atoms with van der Waals surface area (Å²) in [5.41, 5.74) is 5.62. The average Bonchev–Trinajstić information content (AvgIpc) is 2.89. The zero-order chi connectivity index (χ0) is 19.6. The molecule has 2 heterocycles. The van der Waals surface area contributed by atoms with Crippen molar-refractivity contribution in [3.63, 3.8) is 0 Å². The number of hydrogen-bond acceptors (Lipinski definition) is 5. The normalized spacial score (nSPS) is 23.2. The third kappa shape index (κ3) is 4.20. The average molecular weight is 374 g/mol. The summed E-state index contributed by atoms with van der Waals surface area (Å²) in [6.45, 7) is 4.82. The number of carbonyl (C=O) groups excluding carboxylic acids is 3. The predicted molar refractivity (Wildman–Crippen MR) is 98.1 cm³/mol. The van der Waals surface area contributed by atoms with Gasteiger partial charge >= 0.3 is 6.03 Å². The maximum absolute atomic E-state index is 12.6. The quantitative estimate of drug-likeness (QED) is 0.764. The van der Waals surface area contributed by atoms with Gasteiger partial charge in [0.15, 0.2) is 0 Å². The Hall–Kier alpha value is -2.64. The highest BCUT2D eigenvalue weighted by Crippen LogP contribution is 2.29. The van der Waals surface area contributed by atoms with E-state index in [0.717, 1.165) is 0 Å². The van der Waals surface area contributed by atoms with E-state index in [0.29, 0.717) is 38.1 Å². The number of nitrogens with two attached hydrogens (primary N) is 1. The van der Waals surface area contributed by atoms with Crippen LogP contribution in [-0.2, 0) is 4.79 Å². The third-order valence-corrected chi connectivity index (χ3v) is 4.98. The van der Waals surface area contributed by atoms with Crippen LogP contribution in [0.3, 0.4) is 0 Å². The van der Waals surface area contributed by atoms with Crippen molar-refractivity contribution in [1.29, 1.82) is 0 Å². The highest BCUT2D eigenvalue weighted by atomic mass is 16.5. The summed E-state index contributed by atoms with van der Waals surface area (Å²) < 4.78 is 5.88. The highest BCUT2D eigenvalue weighted by molar-refractivity contribution is 6.02. The van der Waals surface area contributed by atoms with E-state index in [1.807, 2.05) is 13.8 Å². The van der Waals surface area contributed by atoms with Gasteiger partial charge in [-0.2, -0.15) is 0 Å². The molecular formula is C19H26N4O4. The number of ether oxygens (including phenoxy) is 1. The molecule has 146 valence electrons. The smallest absolute Gasteiger partial charge is 0.327 e. The fourth-order valence-electron chi connectivity index (χ4n) is 3.76. The molecule has 2 fully saturated rings. The first-order valence-corrected chi connectivity index (χ1v) is 9.39. The van der Waals surface area contributed by atoms with Crippen molar-refractivity contribution in [1.82, 2.24) is 14.8 Å². The molecule has 0 unspecified atom stereocenters. The molecule has 1 saturated heterocycles. The third-order valence-electron chi connectivity index (χ3n) is 4.98. The van der Waals surface area contributed by atoms with Crippen molar-refractivity contribution in [2.24, 2.45) is 11.7 Å². The van der Waals surface area contributed by atoms with Crippen LogP contribution in [0, 0.1) is 5.92 Å². The van der Waals surface area contributed by atoms with Gasteiger partial charge < -0.3 is 15.4 Å². The molecule has 3 rings (SSSR count). The Kier molecular flexibility index (Phi) is 5.62. The summed E-state index contributed by atoms with van der Waals surface area (Å²) in [5.74, 6) is -0.135. The second kappa shape index (κ2) is 7.94. The summed E-state index contributed by atoms with van der Waals surface area (Å²) in [6.07, 6.45) is 4.15. The second-order valence-corrected chi connectivity index (χ2v) is 7.59. The van der Waals surface area contributed by atoms with Crippen LogP contribution in [-0.4, -0.2) is 57.9 Å². The van der Waals surface area contributed by atoms with Gasteiger partial charge in [-0.25, -0.2) is 9.78 Å². The van der Waals surface area contributed by atoms with Gasteiger partial charge in [0.1, 0.15) is 18.2 Å². The van der Waals surface area contributed by atoms with E-state index in [-0.39, 0.29) is 42.1 Å². The van der Waals surface area contributed by atoms with Crippen molar-refractivity contribution >= 4 is 17.8 Å². The minimum absolute atomic E-state index is 0.0960. The Morgan fingerprint density at radius 3 is 2.63 bits per heavy atom. The molecule has 1 saturated carbocycles. The molecule has 8 nitrogen and oxygen atoms in total. The Morgan fingerprint density at radius 1 is 1.30 bits per heavy atom. The van der Waals surface area contributed by atoms with Gasteiger partial charge in [-0.05, 0) is 43.7 Å². The molecule has 0 radical (unpaired) electrons. The highest BCUT2D eigenvalue weighted by Gasteiger charge is 2.41. The second-order valence-electron chi connectivity index (χ2n) is 7.59. The molecule has 27 heavy (non-hydrogen) atoms. The number of primary amides is 1. The van der Waals surface area contributed by atoms with Gasteiger partial charge in [-0.1, -0.05) is 13.8 Å². The Bertz CT molecular complexity index is 728. The minimum atomic E-state index is -0.578. The van der Waals surface area contributed by atoms with Crippen LogP contribution in [0.2, 0.25) is 0 Å². The van der Waals surface area contributed by atoms with Gasteiger partial charge in [0.2, 0.25) is 5.88 Å². The molecule has 1 aliphatic carbocycles. The lowest BCUT2D eigenvalue weighted by molar-refractivity contribution is -0.127. The number of aromatic nitrogens is 1. The lowest BCUT2D eigenvalue weighted by Crippen LogP contribution is -2.44. The zero-order valence-corrected chi connectivity index (χ0v) is 15.8. The molecule has 0 bridgehead atoms. The SMILES string of the molecule is CC(C)CN1CC(=O)N([C@H]2CC[C@H](Oc3ncccc3C(N)=O)CC2)C1=O. The number of hydrogen-bond donors (Lipinski definition) is 1. The van der Waals surface area contributed by atoms with Crippen molar-refractivity contribution in [3.8, 4) is 5.88 Å². The number of pyridine rings is 1. The molecular weight excluding hydrogens is 348 g/mol. The summed E-state index contributed by atoms with van der Waals surface area (Å²) >= 11 is 0. The van der Waals surface area contributed by atoms with Crippen LogP contribution in [0.5, 0.6) is 5.88 Å². The summed E-state index contributed by atoms with van der Waals surface area (Å²) in [7, 11) is 0. The fourth-order valence-corrected chi connectivity index (χ4v) is 3.76. The first kappa shape index (κ1) is 19.1. The van der Waals surface area contributed by atoms with Gasteiger partial charge in [-0.15, -0.1) is 0 Å². The van der Waals surface area contributed by atoms with E-state index in [1.54, 1.807) is 23.2 Å². The zero-order valence-electron chi connectivity index (χ0n) is 15.8. The number of rotatable bonds is 6. The van der Waals surface area contributed by atoms with Crippen LogP contribution in [0.4, 0.5) is 4.79 Å². The molecule has 2 N–H and O–H groups in total. The van der Waals surface area contributed by atoms with Gasteiger partial charge in [-0.3, -0.25) is 14.5 Å². The van der Waals surface area contributed by atoms with Crippen LogP contribution < -0.4 is 10.5 Å². The van der Waals surface area contributed by atoms with Crippen molar-refractivity contribution < 1.29 is 19.1 Å². The minimum Gasteiger partial charge on any atom is -0.474 e. The predicted octanol–water partition coefficient (Wildman–Crippen LogP) is 1.79.